The lowest BCUT2D eigenvalue weighted by atomic mass is 9.97. The van der Waals surface area contributed by atoms with Crippen LogP contribution in [0.3, 0.4) is 0 Å². The quantitative estimate of drug-likeness (QED) is 0.515. The summed E-state index contributed by atoms with van der Waals surface area (Å²) in [5.74, 6) is 0. The van der Waals surface area contributed by atoms with Crippen molar-refractivity contribution in [2.24, 2.45) is 0 Å². The first-order valence-corrected chi connectivity index (χ1v) is 8.13. The van der Waals surface area contributed by atoms with Crippen molar-refractivity contribution in [3.05, 3.63) is 0 Å². The molecule has 1 aliphatic rings. The minimum atomic E-state index is -1.62. The van der Waals surface area contributed by atoms with E-state index >= 15 is 0 Å². The zero-order chi connectivity index (χ0) is 9.95. The molecule has 3 nitrogen and oxygen atoms in total. The van der Waals surface area contributed by atoms with Gasteiger partial charge in [0.05, 0.1) is 0 Å². The van der Waals surface area contributed by atoms with Gasteiger partial charge in [0, 0.05) is 26.1 Å². The van der Waals surface area contributed by atoms with Gasteiger partial charge in [-0.15, -0.1) is 0 Å². The van der Waals surface area contributed by atoms with Crippen molar-refractivity contribution in [3.8, 4) is 0 Å². The molecule has 0 aromatic rings. The molecule has 0 aromatic heterocycles. The normalized spacial score (nSPS) is 22.7. The van der Waals surface area contributed by atoms with Gasteiger partial charge in [0.2, 0.25) is 0 Å². The zero-order valence-corrected chi connectivity index (χ0v) is 9.63. The van der Waals surface area contributed by atoms with Gasteiger partial charge in [-0.3, -0.25) is 0 Å². The molecule has 0 unspecified atom stereocenters. The lowest BCUT2D eigenvalue weighted by Crippen LogP contribution is -2.47. The number of aldehydes is 1. The lowest BCUT2D eigenvalue weighted by Gasteiger charge is -2.37. The van der Waals surface area contributed by atoms with Crippen LogP contribution in [0.2, 0.25) is 19.6 Å². The SMILES string of the molecule is C[Si](C)(C)OC1(C=O)CCOCC1. The molecule has 1 fully saturated rings. The zero-order valence-electron chi connectivity index (χ0n) is 8.63. The highest BCUT2D eigenvalue weighted by Gasteiger charge is 2.37. The van der Waals surface area contributed by atoms with E-state index in [2.05, 4.69) is 19.6 Å². The second-order valence-corrected chi connectivity index (χ2v) is 8.94. The lowest BCUT2D eigenvalue weighted by molar-refractivity contribution is -0.130. The Kier molecular flexibility index (Phi) is 3.26. The van der Waals surface area contributed by atoms with Crippen LogP contribution in [0.4, 0.5) is 0 Å². The summed E-state index contributed by atoms with van der Waals surface area (Å²) in [7, 11) is -1.62. The summed E-state index contributed by atoms with van der Waals surface area (Å²) in [6.07, 6.45) is 2.38. The van der Waals surface area contributed by atoms with Gasteiger partial charge < -0.3 is 14.0 Å². The van der Waals surface area contributed by atoms with Crippen molar-refractivity contribution in [2.75, 3.05) is 13.2 Å². The maximum absolute atomic E-state index is 11.0. The number of hydrogen-bond donors (Lipinski definition) is 0. The molecule has 0 N–H and O–H groups in total. The third kappa shape index (κ3) is 3.21. The van der Waals surface area contributed by atoms with E-state index in [0.717, 1.165) is 6.29 Å². The minimum absolute atomic E-state index is 0.539. The molecule has 76 valence electrons. The largest absolute Gasteiger partial charge is 0.405 e. The standard InChI is InChI=1S/C9H18O3Si/c1-13(2,3)12-9(8-10)4-6-11-7-5-9/h8H,4-7H2,1-3H3. The van der Waals surface area contributed by atoms with Gasteiger partial charge >= 0.3 is 0 Å². The second-order valence-electron chi connectivity index (χ2n) is 4.51. The van der Waals surface area contributed by atoms with E-state index in [1.54, 1.807) is 0 Å². The van der Waals surface area contributed by atoms with Crippen LogP contribution < -0.4 is 0 Å². The predicted molar refractivity (Wildman–Crippen MR) is 53.3 cm³/mol. The van der Waals surface area contributed by atoms with Crippen LogP contribution in [0, 0.1) is 0 Å². The minimum Gasteiger partial charge on any atom is -0.405 e. The third-order valence-corrected chi connectivity index (χ3v) is 3.08. The van der Waals surface area contributed by atoms with Crippen molar-refractivity contribution < 1.29 is 14.0 Å². The summed E-state index contributed by atoms with van der Waals surface area (Å²) < 4.78 is 11.1. The summed E-state index contributed by atoms with van der Waals surface area (Å²) in [6.45, 7) is 7.60. The van der Waals surface area contributed by atoms with Crippen LogP contribution in [0.15, 0.2) is 0 Å². The first-order chi connectivity index (χ1) is 5.97. The van der Waals surface area contributed by atoms with Crippen LogP contribution >= 0.6 is 0 Å². The smallest absolute Gasteiger partial charge is 0.185 e. The maximum Gasteiger partial charge on any atom is 0.185 e. The van der Waals surface area contributed by atoms with Gasteiger partial charge in [-0.25, -0.2) is 0 Å². The average molecular weight is 202 g/mol. The third-order valence-electron chi connectivity index (χ3n) is 2.06. The molecule has 0 aliphatic carbocycles. The Morgan fingerprint density at radius 2 is 1.85 bits per heavy atom. The Morgan fingerprint density at radius 3 is 2.23 bits per heavy atom. The summed E-state index contributed by atoms with van der Waals surface area (Å²) >= 11 is 0. The van der Waals surface area contributed by atoms with E-state index < -0.39 is 13.9 Å². The fourth-order valence-corrected chi connectivity index (χ4v) is 3.04. The van der Waals surface area contributed by atoms with E-state index in [1.165, 1.54) is 0 Å². The molecule has 4 heteroatoms. The Morgan fingerprint density at radius 1 is 1.31 bits per heavy atom. The van der Waals surface area contributed by atoms with Crippen molar-refractivity contribution in [2.45, 2.75) is 38.1 Å². The molecule has 0 atom stereocenters. The summed E-state index contributed by atoms with van der Waals surface area (Å²) in [4.78, 5) is 11.0. The Bertz CT molecular complexity index is 180. The molecular weight excluding hydrogens is 184 g/mol. The Hall–Kier alpha value is -0.193. The van der Waals surface area contributed by atoms with Gasteiger partial charge in [0.1, 0.15) is 5.60 Å². The first kappa shape index (κ1) is 10.9. The fourth-order valence-electron chi connectivity index (χ4n) is 1.57. The fraction of sp³-hybridized carbons (Fsp3) is 0.889. The molecule has 0 amide bonds. The molecule has 1 aliphatic heterocycles. The Balaban J connectivity index is 2.63. The van der Waals surface area contributed by atoms with E-state index in [0.29, 0.717) is 26.1 Å². The van der Waals surface area contributed by atoms with Crippen molar-refractivity contribution in [1.29, 1.82) is 0 Å². The molecular formula is C9H18O3Si. The predicted octanol–water partition coefficient (Wildman–Crippen LogP) is 1.59. The second kappa shape index (κ2) is 3.90. The topological polar surface area (TPSA) is 35.5 Å². The van der Waals surface area contributed by atoms with Gasteiger partial charge in [0.15, 0.2) is 14.6 Å². The van der Waals surface area contributed by atoms with Gasteiger partial charge in [-0.2, -0.15) is 0 Å². The van der Waals surface area contributed by atoms with E-state index in [4.69, 9.17) is 9.16 Å². The van der Waals surface area contributed by atoms with Gasteiger partial charge in [-0.1, -0.05) is 0 Å². The molecule has 0 aromatic carbocycles. The molecule has 0 saturated carbocycles. The monoisotopic (exact) mass is 202 g/mol. The molecule has 1 saturated heterocycles. The van der Waals surface area contributed by atoms with Gasteiger partial charge in [0.25, 0.3) is 0 Å². The highest BCUT2D eigenvalue weighted by Crippen LogP contribution is 2.26. The van der Waals surface area contributed by atoms with Crippen LogP contribution in [0.5, 0.6) is 0 Å². The number of ether oxygens (including phenoxy) is 1. The van der Waals surface area contributed by atoms with Crippen molar-refractivity contribution in [1.82, 2.24) is 0 Å². The molecule has 13 heavy (non-hydrogen) atoms. The number of rotatable bonds is 3. The molecule has 0 spiro atoms. The van der Waals surface area contributed by atoms with Crippen LogP contribution in [-0.2, 0) is 14.0 Å². The Labute approximate surface area is 80.5 Å². The van der Waals surface area contributed by atoms with Crippen LogP contribution in [0.25, 0.3) is 0 Å². The van der Waals surface area contributed by atoms with E-state index in [1.807, 2.05) is 0 Å². The molecule has 0 radical (unpaired) electrons. The highest BCUT2D eigenvalue weighted by atomic mass is 28.4. The van der Waals surface area contributed by atoms with Gasteiger partial charge in [-0.05, 0) is 19.6 Å². The average Bonchev–Trinajstić information content (AvgIpc) is 2.03. The molecule has 0 bridgehead atoms. The molecule has 1 rings (SSSR count). The van der Waals surface area contributed by atoms with Crippen LogP contribution in [0.1, 0.15) is 12.8 Å². The number of carbonyl (C=O) groups excluding carboxylic acids is 1. The van der Waals surface area contributed by atoms with E-state index in [-0.39, 0.29) is 0 Å². The summed E-state index contributed by atoms with van der Waals surface area (Å²) in [5, 5.41) is 0. The molecule has 1 heterocycles. The van der Waals surface area contributed by atoms with Crippen LogP contribution in [-0.4, -0.2) is 33.4 Å². The van der Waals surface area contributed by atoms with Crippen molar-refractivity contribution >= 4 is 14.6 Å². The summed E-state index contributed by atoms with van der Waals surface area (Å²) in [5.41, 5.74) is -0.539. The highest BCUT2D eigenvalue weighted by molar-refractivity contribution is 6.70. The number of carbonyl (C=O) groups is 1. The first-order valence-electron chi connectivity index (χ1n) is 4.72. The summed E-state index contributed by atoms with van der Waals surface area (Å²) in [6, 6.07) is 0. The van der Waals surface area contributed by atoms with E-state index in [9.17, 15) is 4.79 Å². The number of hydrogen-bond acceptors (Lipinski definition) is 3. The van der Waals surface area contributed by atoms with Crippen molar-refractivity contribution in [3.63, 3.8) is 0 Å². The maximum atomic E-state index is 11.0.